The van der Waals surface area contributed by atoms with E-state index in [0.717, 1.165) is 11.1 Å². The van der Waals surface area contributed by atoms with Crippen molar-refractivity contribution in [1.29, 1.82) is 0 Å². The van der Waals surface area contributed by atoms with Crippen LogP contribution in [0.4, 0.5) is 10.5 Å². The molecule has 1 aromatic carbocycles. The number of aromatic nitrogens is 4. The Balaban J connectivity index is 1.81. The average Bonchev–Trinajstić information content (AvgIpc) is 3.22. The van der Waals surface area contributed by atoms with Gasteiger partial charge in [-0.3, -0.25) is 9.59 Å². The molecule has 0 aliphatic carbocycles. The molecule has 0 bridgehead atoms. The number of anilines is 1. The fourth-order valence-corrected chi connectivity index (χ4v) is 3.28. The first-order valence-electron chi connectivity index (χ1n) is 11.7. The van der Waals surface area contributed by atoms with E-state index in [0.29, 0.717) is 17.8 Å². The Morgan fingerprint density at radius 3 is 2.39 bits per heavy atom. The van der Waals surface area contributed by atoms with Crippen LogP contribution in [0.3, 0.4) is 0 Å². The summed E-state index contributed by atoms with van der Waals surface area (Å²) in [4.78, 5) is 37.7. The van der Waals surface area contributed by atoms with E-state index >= 15 is 0 Å². The number of carbonyl (C=O) groups is 2. The Kier molecular flexibility index (Phi) is 7.38. The van der Waals surface area contributed by atoms with Crippen LogP contribution in [-0.4, -0.2) is 38.1 Å². The van der Waals surface area contributed by atoms with Gasteiger partial charge in [0.25, 0.3) is 17.3 Å². The Bertz CT molecular complexity index is 1340. The van der Waals surface area contributed by atoms with Crippen molar-refractivity contribution in [2.24, 2.45) is 12.5 Å². The molecule has 192 valence electrons. The maximum atomic E-state index is 13.1. The minimum Gasteiger partial charge on any atom is -0.388 e. The second-order valence-corrected chi connectivity index (χ2v) is 11.1. The highest BCUT2D eigenvalue weighted by Crippen LogP contribution is 2.23. The van der Waals surface area contributed by atoms with Crippen LogP contribution in [0.5, 0.6) is 5.88 Å². The highest BCUT2D eigenvalue weighted by atomic mass is 16.6. The van der Waals surface area contributed by atoms with E-state index < -0.39 is 12.0 Å². The lowest BCUT2D eigenvalue weighted by Gasteiger charge is -2.21. The molecule has 0 saturated heterocycles. The molecule has 2 N–H and O–H groups in total. The maximum Gasteiger partial charge on any atom is 0.414 e. The van der Waals surface area contributed by atoms with Crippen LogP contribution in [-0.2, 0) is 12.5 Å². The SMILES string of the molecule is Cc1ccc(C(=O)Nc2cc(C(C)(C)C)cn(C)c2=O)cc1-n1cc(OC(=O)NCC(C)(C)C)nn1. The topological polar surface area (TPSA) is 120 Å². The van der Waals surface area contributed by atoms with Crippen LogP contribution in [0.15, 0.2) is 41.5 Å². The maximum absolute atomic E-state index is 13.1. The van der Waals surface area contributed by atoms with E-state index in [1.165, 1.54) is 15.4 Å². The number of ether oxygens (including phenoxy) is 1. The number of pyridine rings is 1. The number of hydrogen-bond acceptors (Lipinski definition) is 6. The number of carbonyl (C=O) groups excluding carboxylic acids is 2. The lowest BCUT2D eigenvalue weighted by molar-refractivity contribution is 0.102. The summed E-state index contributed by atoms with van der Waals surface area (Å²) >= 11 is 0. The average molecular weight is 495 g/mol. The quantitative estimate of drug-likeness (QED) is 0.554. The summed E-state index contributed by atoms with van der Waals surface area (Å²) in [6.45, 7) is 14.4. The molecular weight excluding hydrogens is 460 g/mol. The molecule has 0 radical (unpaired) electrons. The summed E-state index contributed by atoms with van der Waals surface area (Å²) < 4.78 is 8.10. The van der Waals surface area contributed by atoms with Gasteiger partial charge in [0.15, 0.2) is 0 Å². The van der Waals surface area contributed by atoms with E-state index in [1.54, 1.807) is 37.5 Å². The lowest BCUT2D eigenvalue weighted by atomic mass is 9.88. The number of aryl methyl sites for hydroxylation is 2. The highest BCUT2D eigenvalue weighted by molar-refractivity contribution is 6.04. The number of nitrogens with one attached hydrogen (secondary N) is 2. The molecule has 2 aromatic heterocycles. The molecule has 0 spiro atoms. The molecule has 36 heavy (non-hydrogen) atoms. The van der Waals surface area contributed by atoms with Gasteiger partial charge in [0, 0.05) is 25.4 Å². The minimum atomic E-state index is -0.624. The zero-order valence-corrected chi connectivity index (χ0v) is 22.1. The van der Waals surface area contributed by atoms with E-state index in [-0.39, 0.29) is 28.0 Å². The van der Waals surface area contributed by atoms with Gasteiger partial charge in [-0.05, 0) is 47.1 Å². The van der Waals surface area contributed by atoms with Crippen molar-refractivity contribution < 1.29 is 14.3 Å². The molecule has 0 saturated carbocycles. The van der Waals surface area contributed by atoms with Gasteiger partial charge < -0.3 is 19.9 Å². The predicted octanol–water partition coefficient (Wildman–Crippen LogP) is 3.96. The van der Waals surface area contributed by atoms with Gasteiger partial charge in [-0.25, -0.2) is 9.48 Å². The Morgan fingerprint density at radius 1 is 1.06 bits per heavy atom. The summed E-state index contributed by atoms with van der Waals surface area (Å²) in [7, 11) is 1.66. The van der Waals surface area contributed by atoms with Gasteiger partial charge >= 0.3 is 6.09 Å². The van der Waals surface area contributed by atoms with Crippen LogP contribution in [0.2, 0.25) is 0 Å². The highest BCUT2D eigenvalue weighted by Gasteiger charge is 2.19. The smallest absolute Gasteiger partial charge is 0.388 e. The van der Waals surface area contributed by atoms with E-state index in [1.807, 2.05) is 48.5 Å². The molecule has 2 heterocycles. The Hall–Kier alpha value is -3.95. The molecule has 0 aliphatic heterocycles. The number of amides is 2. The molecule has 3 rings (SSSR count). The number of benzene rings is 1. The van der Waals surface area contributed by atoms with Crippen molar-refractivity contribution in [3.8, 4) is 11.6 Å². The fraction of sp³-hybridized carbons (Fsp3) is 0.423. The Morgan fingerprint density at radius 2 is 1.75 bits per heavy atom. The van der Waals surface area contributed by atoms with Crippen LogP contribution in [0, 0.1) is 12.3 Å². The zero-order valence-electron chi connectivity index (χ0n) is 22.1. The molecule has 2 amide bonds. The third-order valence-electron chi connectivity index (χ3n) is 5.45. The van der Waals surface area contributed by atoms with Crippen molar-refractivity contribution in [1.82, 2.24) is 24.9 Å². The van der Waals surface area contributed by atoms with Gasteiger partial charge in [-0.1, -0.05) is 57.9 Å². The van der Waals surface area contributed by atoms with Gasteiger partial charge in [-0.15, -0.1) is 0 Å². The van der Waals surface area contributed by atoms with Crippen molar-refractivity contribution in [3.63, 3.8) is 0 Å². The van der Waals surface area contributed by atoms with Crippen LogP contribution >= 0.6 is 0 Å². The number of nitrogens with zero attached hydrogens (tertiary/aromatic N) is 4. The third-order valence-corrected chi connectivity index (χ3v) is 5.45. The summed E-state index contributed by atoms with van der Waals surface area (Å²) in [6.07, 6.45) is 2.61. The standard InChI is InChI=1S/C26H34N6O4/c1-16-9-10-17(22(33)28-19-12-18(26(5,6)7)13-31(8)23(19)34)11-20(16)32-14-21(29-30-32)36-24(35)27-15-25(2,3)4/h9-14H,15H2,1-8H3,(H,27,35)(H,28,33). The molecular formula is C26H34N6O4. The number of rotatable bonds is 5. The van der Waals surface area contributed by atoms with Crippen molar-refractivity contribution in [2.45, 2.75) is 53.9 Å². The third kappa shape index (κ3) is 6.59. The molecule has 3 aromatic rings. The summed E-state index contributed by atoms with van der Waals surface area (Å²) in [6, 6.07) is 6.79. The molecule has 0 fully saturated rings. The molecule has 0 aliphatic rings. The summed E-state index contributed by atoms with van der Waals surface area (Å²) in [5.74, 6) is -0.407. The van der Waals surface area contributed by atoms with Gasteiger partial charge in [0.1, 0.15) is 5.69 Å². The lowest BCUT2D eigenvalue weighted by Crippen LogP contribution is -2.34. The fourth-order valence-electron chi connectivity index (χ4n) is 3.28. The molecule has 10 nitrogen and oxygen atoms in total. The Labute approximate surface area is 210 Å². The number of hydrogen-bond donors (Lipinski definition) is 2. The molecule has 0 unspecified atom stereocenters. The van der Waals surface area contributed by atoms with Crippen LogP contribution in [0.25, 0.3) is 5.69 Å². The van der Waals surface area contributed by atoms with E-state index in [9.17, 15) is 14.4 Å². The monoisotopic (exact) mass is 494 g/mol. The van der Waals surface area contributed by atoms with Crippen molar-refractivity contribution >= 4 is 17.7 Å². The van der Waals surface area contributed by atoms with Crippen molar-refractivity contribution in [2.75, 3.05) is 11.9 Å². The van der Waals surface area contributed by atoms with Crippen LogP contribution in [0.1, 0.15) is 63.0 Å². The molecule has 10 heteroatoms. The second kappa shape index (κ2) is 9.96. The largest absolute Gasteiger partial charge is 0.414 e. The van der Waals surface area contributed by atoms with Gasteiger partial charge in [0.05, 0.1) is 11.9 Å². The van der Waals surface area contributed by atoms with E-state index in [4.69, 9.17) is 4.74 Å². The minimum absolute atomic E-state index is 0.0261. The first kappa shape index (κ1) is 26.7. The normalized spacial score (nSPS) is 11.8. The summed E-state index contributed by atoms with van der Waals surface area (Å²) in [5.41, 5.74) is 2.28. The first-order valence-corrected chi connectivity index (χ1v) is 11.7. The molecule has 0 atom stereocenters. The van der Waals surface area contributed by atoms with Gasteiger partial charge in [0.2, 0.25) is 0 Å². The van der Waals surface area contributed by atoms with Gasteiger partial charge in [-0.2, -0.15) is 0 Å². The first-order chi connectivity index (χ1) is 16.6. The summed E-state index contributed by atoms with van der Waals surface area (Å²) in [5, 5.41) is 13.4. The second-order valence-electron chi connectivity index (χ2n) is 11.1. The van der Waals surface area contributed by atoms with Crippen molar-refractivity contribution in [3.05, 3.63) is 63.7 Å². The van der Waals surface area contributed by atoms with Crippen LogP contribution < -0.4 is 20.9 Å². The zero-order chi connectivity index (χ0) is 26.8. The predicted molar refractivity (Wildman–Crippen MR) is 138 cm³/mol. The van der Waals surface area contributed by atoms with E-state index in [2.05, 4.69) is 20.9 Å².